The van der Waals surface area contributed by atoms with E-state index < -0.39 is 0 Å². The number of aryl methyl sites for hydroxylation is 1. The van der Waals surface area contributed by atoms with E-state index in [4.69, 9.17) is 4.74 Å². The van der Waals surface area contributed by atoms with Gasteiger partial charge in [0.05, 0.1) is 6.54 Å². The van der Waals surface area contributed by atoms with Crippen LogP contribution in [-0.4, -0.2) is 37.1 Å². The van der Waals surface area contributed by atoms with Crippen LogP contribution in [0, 0.1) is 6.92 Å². The van der Waals surface area contributed by atoms with E-state index in [1.807, 2.05) is 83.1 Å². The predicted molar refractivity (Wildman–Crippen MR) is 139 cm³/mol. The Morgan fingerprint density at radius 3 is 2.45 bits per heavy atom. The van der Waals surface area contributed by atoms with Crippen LogP contribution in [0.2, 0.25) is 0 Å². The summed E-state index contributed by atoms with van der Waals surface area (Å²) in [6, 6.07) is 15.6. The largest absolute Gasteiger partial charge is 0.489 e. The fraction of sp³-hybridized carbons (Fsp3) is 0.417. The van der Waals surface area contributed by atoms with Crippen molar-refractivity contribution in [1.29, 1.82) is 0 Å². The number of nitrogens with one attached hydrogen (secondary N) is 3. The third-order valence-electron chi connectivity index (χ3n) is 4.34. The van der Waals surface area contributed by atoms with Gasteiger partial charge in [-0.15, -0.1) is 24.0 Å². The molecule has 0 radical (unpaired) electrons. The highest BCUT2D eigenvalue weighted by atomic mass is 127. The van der Waals surface area contributed by atoms with Gasteiger partial charge >= 0.3 is 0 Å². The molecule has 0 aliphatic heterocycles. The first-order valence-electron chi connectivity index (χ1n) is 10.3. The number of guanidine groups is 1. The maximum Gasteiger partial charge on any atom is 0.251 e. The lowest BCUT2D eigenvalue weighted by Crippen LogP contribution is -2.41. The van der Waals surface area contributed by atoms with Crippen molar-refractivity contribution in [2.24, 2.45) is 4.99 Å². The number of benzene rings is 2. The molecule has 0 heterocycles. The molecule has 31 heavy (non-hydrogen) atoms. The van der Waals surface area contributed by atoms with Crippen LogP contribution in [-0.2, 0) is 6.54 Å². The zero-order chi connectivity index (χ0) is 22.1. The average Bonchev–Trinajstić information content (AvgIpc) is 2.69. The van der Waals surface area contributed by atoms with E-state index in [1.54, 1.807) is 7.05 Å². The van der Waals surface area contributed by atoms with Gasteiger partial charge < -0.3 is 20.7 Å². The number of hydrogen-bond acceptors (Lipinski definition) is 3. The van der Waals surface area contributed by atoms with Crippen molar-refractivity contribution in [3.63, 3.8) is 0 Å². The van der Waals surface area contributed by atoms with Crippen molar-refractivity contribution in [1.82, 2.24) is 16.0 Å². The molecule has 170 valence electrons. The third-order valence-corrected chi connectivity index (χ3v) is 4.34. The minimum Gasteiger partial charge on any atom is -0.489 e. The zero-order valence-corrected chi connectivity index (χ0v) is 21.6. The molecule has 3 N–H and O–H groups in total. The van der Waals surface area contributed by atoms with Gasteiger partial charge in [0, 0.05) is 24.7 Å². The molecule has 0 fully saturated rings. The molecule has 1 atom stereocenters. The van der Waals surface area contributed by atoms with Crippen molar-refractivity contribution in [2.45, 2.75) is 52.8 Å². The first kappa shape index (κ1) is 26.7. The van der Waals surface area contributed by atoms with Gasteiger partial charge in [-0.3, -0.25) is 9.79 Å². The Morgan fingerprint density at radius 2 is 1.81 bits per heavy atom. The molecule has 6 nitrogen and oxygen atoms in total. The number of aliphatic imine (C=N–C) groups is 1. The first-order valence-corrected chi connectivity index (χ1v) is 10.3. The average molecular weight is 538 g/mol. The molecule has 0 aliphatic carbocycles. The minimum atomic E-state index is -0.269. The van der Waals surface area contributed by atoms with Gasteiger partial charge in [-0.25, -0.2) is 0 Å². The Balaban J connectivity index is 0.00000480. The molecule has 2 aromatic carbocycles. The molecule has 0 saturated carbocycles. The molecular weight excluding hydrogens is 503 g/mol. The monoisotopic (exact) mass is 538 g/mol. The molecule has 0 bridgehead atoms. The number of halogens is 1. The van der Waals surface area contributed by atoms with E-state index in [-0.39, 0.29) is 41.5 Å². The molecule has 2 aromatic rings. The van der Waals surface area contributed by atoms with Gasteiger partial charge in [-0.1, -0.05) is 30.3 Å². The van der Waals surface area contributed by atoms with Crippen molar-refractivity contribution < 1.29 is 9.53 Å². The number of carbonyl (C=O) groups excluding carboxylic acids is 1. The smallest absolute Gasteiger partial charge is 0.251 e. The van der Waals surface area contributed by atoms with Crippen LogP contribution in [0.3, 0.4) is 0 Å². The van der Waals surface area contributed by atoms with Gasteiger partial charge in [-0.05, 0) is 63.9 Å². The van der Waals surface area contributed by atoms with Crippen molar-refractivity contribution in [2.75, 3.05) is 13.6 Å². The Bertz CT molecular complexity index is 878. The van der Waals surface area contributed by atoms with Crippen LogP contribution in [0.1, 0.15) is 49.2 Å². The molecular formula is C24H35IN4O2. The van der Waals surface area contributed by atoms with Gasteiger partial charge in [0.25, 0.3) is 5.91 Å². The van der Waals surface area contributed by atoms with Crippen LogP contribution < -0.4 is 20.7 Å². The summed E-state index contributed by atoms with van der Waals surface area (Å²) in [6.07, 6.45) is -0.0194. The molecule has 7 heteroatoms. The molecule has 0 aromatic heterocycles. The number of amides is 1. The van der Waals surface area contributed by atoms with Crippen LogP contribution in [0.4, 0.5) is 0 Å². The van der Waals surface area contributed by atoms with E-state index >= 15 is 0 Å². The standard InChI is InChI=1S/C24H34N4O2.HI/c1-17-10-7-8-13-21(17)30-18(2)15-26-23(25-6)27-16-19-11-9-12-20(14-19)22(29)28-24(3,4)5;/h7-14,18H,15-16H2,1-6H3,(H,28,29)(H2,25,26,27);1H. The number of ether oxygens (including phenoxy) is 1. The second kappa shape index (κ2) is 12.5. The van der Waals surface area contributed by atoms with Gasteiger partial charge in [0.15, 0.2) is 5.96 Å². The Hall–Kier alpha value is -2.29. The number of nitrogens with zero attached hydrogens (tertiary/aromatic N) is 1. The Morgan fingerprint density at radius 1 is 1.10 bits per heavy atom. The summed E-state index contributed by atoms with van der Waals surface area (Å²) >= 11 is 0. The summed E-state index contributed by atoms with van der Waals surface area (Å²) in [6.45, 7) is 11.1. The van der Waals surface area contributed by atoms with Crippen LogP contribution in [0.5, 0.6) is 5.75 Å². The molecule has 0 spiro atoms. The highest BCUT2D eigenvalue weighted by Crippen LogP contribution is 2.17. The summed E-state index contributed by atoms with van der Waals surface area (Å²) in [5.74, 6) is 1.49. The Labute approximate surface area is 203 Å². The van der Waals surface area contributed by atoms with Crippen molar-refractivity contribution >= 4 is 35.8 Å². The normalized spacial score (nSPS) is 12.4. The van der Waals surface area contributed by atoms with Gasteiger partial charge in [-0.2, -0.15) is 0 Å². The molecule has 2 rings (SSSR count). The second-order valence-corrected chi connectivity index (χ2v) is 8.41. The summed E-state index contributed by atoms with van der Waals surface area (Å²) in [4.78, 5) is 16.6. The summed E-state index contributed by atoms with van der Waals surface area (Å²) < 4.78 is 5.99. The maximum atomic E-state index is 12.4. The summed E-state index contributed by atoms with van der Waals surface area (Å²) in [5.41, 5.74) is 2.49. The highest BCUT2D eigenvalue weighted by molar-refractivity contribution is 14.0. The van der Waals surface area contributed by atoms with E-state index in [0.29, 0.717) is 24.6 Å². The molecule has 1 amide bonds. The summed E-state index contributed by atoms with van der Waals surface area (Å²) in [5, 5.41) is 9.55. The van der Waals surface area contributed by atoms with Gasteiger partial charge in [0.1, 0.15) is 11.9 Å². The molecule has 0 aliphatic rings. The Kier molecular flexibility index (Phi) is 10.8. The van der Waals surface area contributed by atoms with Crippen LogP contribution in [0.15, 0.2) is 53.5 Å². The fourth-order valence-corrected chi connectivity index (χ4v) is 2.83. The minimum absolute atomic E-state index is 0. The lowest BCUT2D eigenvalue weighted by atomic mass is 10.1. The van der Waals surface area contributed by atoms with Crippen molar-refractivity contribution in [3.05, 3.63) is 65.2 Å². The first-order chi connectivity index (χ1) is 14.2. The van der Waals surface area contributed by atoms with E-state index in [1.165, 1.54) is 0 Å². The van der Waals surface area contributed by atoms with E-state index in [2.05, 4.69) is 20.9 Å². The van der Waals surface area contributed by atoms with Crippen molar-refractivity contribution in [3.8, 4) is 5.75 Å². The van der Waals surface area contributed by atoms with Crippen LogP contribution in [0.25, 0.3) is 0 Å². The second-order valence-electron chi connectivity index (χ2n) is 8.41. The lowest BCUT2D eigenvalue weighted by molar-refractivity contribution is 0.0919. The number of rotatable bonds is 7. The third kappa shape index (κ3) is 9.59. The molecule has 0 saturated heterocycles. The number of hydrogen-bond donors (Lipinski definition) is 3. The highest BCUT2D eigenvalue weighted by Gasteiger charge is 2.15. The lowest BCUT2D eigenvalue weighted by Gasteiger charge is -2.21. The van der Waals surface area contributed by atoms with E-state index in [0.717, 1.165) is 16.9 Å². The quantitative estimate of drug-likeness (QED) is 0.280. The maximum absolute atomic E-state index is 12.4. The van der Waals surface area contributed by atoms with Crippen LogP contribution >= 0.6 is 24.0 Å². The number of carbonyl (C=O) groups is 1. The molecule has 1 unspecified atom stereocenters. The summed E-state index contributed by atoms with van der Waals surface area (Å²) in [7, 11) is 1.73. The fourth-order valence-electron chi connectivity index (χ4n) is 2.83. The van der Waals surface area contributed by atoms with E-state index in [9.17, 15) is 4.79 Å². The van der Waals surface area contributed by atoms with Gasteiger partial charge in [0.2, 0.25) is 0 Å². The topological polar surface area (TPSA) is 74.8 Å². The SMILES string of the molecule is CN=C(NCc1cccc(C(=O)NC(C)(C)C)c1)NCC(C)Oc1ccccc1C.I. The zero-order valence-electron chi connectivity index (χ0n) is 19.3. The predicted octanol–water partition coefficient (Wildman–Crippen LogP) is 4.27. The number of para-hydroxylation sites is 1.